The highest BCUT2D eigenvalue weighted by molar-refractivity contribution is 7.14. The summed E-state index contributed by atoms with van der Waals surface area (Å²) >= 11 is 1.07. The number of carbonyl (C=O) groups is 1. The van der Waals surface area contributed by atoms with Gasteiger partial charge in [-0.05, 0) is 30.1 Å². The standard InChI is InChI=1S/C11H13N3O2S/c1-2-3-6-13-11(16)14-10(15)8-5-4-7-12-9(8)17-14/h4-5,7H,2-3,6H2,1H3,(H,13,16). The molecule has 0 radical (unpaired) electrons. The molecule has 6 heteroatoms. The molecule has 0 saturated heterocycles. The summed E-state index contributed by atoms with van der Waals surface area (Å²) in [5.41, 5.74) is -0.299. The second kappa shape index (κ2) is 5.09. The fraction of sp³-hybridized carbons (Fsp3) is 0.364. The van der Waals surface area contributed by atoms with Crippen LogP contribution in [-0.4, -0.2) is 21.5 Å². The summed E-state index contributed by atoms with van der Waals surface area (Å²) in [6.45, 7) is 2.63. The molecule has 2 rings (SSSR count). The molecular weight excluding hydrogens is 238 g/mol. The van der Waals surface area contributed by atoms with E-state index in [0.717, 1.165) is 28.3 Å². The monoisotopic (exact) mass is 251 g/mol. The second-order valence-corrected chi connectivity index (χ2v) is 4.57. The van der Waals surface area contributed by atoms with Gasteiger partial charge in [0, 0.05) is 12.7 Å². The summed E-state index contributed by atoms with van der Waals surface area (Å²) < 4.78 is 1.12. The number of fused-ring (bicyclic) bond motifs is 1. The molecule has 2 heterocycles. The molecule has 0 atom stereocenters. The largest absolute Gasteiger partial charge is 0.338 e. The van der Waals surface area contributed by atoms with E-state index in [0.29, 0.717) is 16.8 Å². The zero-order valence-electron chi connectivity index (χ0n) is 9.47. The van der Waals surface area contributed by atoms with E-state index in [9.17, 15) is 9.59 Å². The summed E-state index contributed by atoms with van der Waals surface area (Å²) in [7, 11) is 0. The SMILES string of the molecule is CCCCNC(=O)n1sc2ncccc2c1=O. The summed E-state index contributed by atoms with van der Waals surface area (Å²) in [4.78, 5) is 28.3. The van der Waals surface area contributed by atoms with Crippen molar-refractivity contribution in [2.24, 2.45) is 0 Å². The number of aromatic nitrogens is 2. The van der Waals surface area contributed by atoms with E-state index in [1.165, 1.54) is 0 Å². The first-order valence-electron chi connectivity index (χ1n) is 5.49. The van der Waals surface area contributed by atoms with Gasteiger partial charge in [-0.3, -0.25) is 4.79 Å². The van der Waals surface area contributed by atoms with Gasteiger partial charge in [0.15, 0.2) is 0 Å². The Labute approximate surface area is 102 Å². The molecular formula is C11H13N3O2S. The Hall–Kier alpha value is -1.69. The Balaban J connectivity index is 2.27. The first-order chi connectivity index (χ1) is 8.24. The van der Waals surface area contributed by atoms with Crippen LogP contribution in [0.4, 0.5) is 4.79 Å². The Morgan fingerprint density at radius 1 is 1.59 bits per heavy atom. The number of hydrogen-bond acceptors (Lipinski definition) is 4. The minimum absolute atomic E-state index is 0.299. The zero-order chi connectivity index (χ0) is 12.3. The number of nitrogens with zero attached hydrogens (tertiary/aromatic N) is 2. The van der Waals surface area contributed by atoms with Crippen molar-refractivity contribution in [3.8, 4) is 0 Å². The fourth-order valence-electron chi connectivity index (χ4n) is 1.44. The minimum atomic E-state index is -0.369. The summed E-state index contributed by atoms with van der Waals surface area (Å²) in [5, 5.41) is 3.20. The molecule has 17 heavy (non-hydrogen) atoms. The van der Waals surface area contributed by atoms with Crippen LogP contribution in [0.15, 0.2) is 23.1 Å². The minimum Gasteiger partial charge on any atom is -0.337 e. The van der Waals surface area contributed by atoms with Crippen molar-refractivity contribution in [1.29, 1.82) is 0 Å². The molecule has 0 aliphatic rings. The maximum atomic E-state index is 11.9. The molecule has 2 aromatic heterocycles. The van der Waals surface area contributed by atoms with Gasteiger partial charge in [-0.2, -0.15) is 3.96 Å². The number of carbonyl (C=O) groups excluding carboxylic acids is 1. The lowest BCUT2D eigenvalue weighted by Crippen LogP contribution is -2.33. The van der Waals surface area contributed by atoms with Gasteiger partial charge in [-0.25, -0.2) is 9.78 Å². The van der Waals surface area contributed by atoms with Crippen LogP contribution in [-0.2, 0) is 0 Å². The van der Waals surface area contributed by atoms with Crippen LogP contribution < -0.4 is 10.9 Å². The van der Waals surface area contributed by atoms with Crippen molar-refractivity contribution >= 4 is 27.8 Å². The molecule has 0 saturated carbocycles. The highest BCUT2D eigenvalue weighted by Gasteiger charge is 2.13. The highest BCUT2D eigenvalue weighted by Crippen LogP contribution is 2.12. The van der Waals surface area contributed by atoms with Crippen LogP contribution in [0.2, 0.25) is 0 Å². The molecule has 0 aromatic carbocycles. The van der Waals surface area contributed by atoms with Gasteiger partial charge in [0.1, 0.15) is 4.83 Å². The average Bonchev–Trinajstić information content (AvgIpc) is 2.68. The lowest BCUT2D eigenvalue weighted by molar-refractivity contribution is 0.244. The first-order valence-corrected chi connectivity index (χ1v) is 6.26. The number of rotatable bonds is 3. The van der Waals surface area contributed by atoms with Gasteiger partial charge in [0.2, 0.25) is 0 Å². The van der Waals surface area contributed by atoms with E-state index in [-0.39, 0.29) is 11.6 Å². The normalized spacial score (nSPS) is 10.6. The third kappa shape index (κ3) is 2.36. The number of amides is 1. The Bertz CT molecular complexity index is 588. The molecule has 1 N–H and O–H groups in total. The smallest absolute Gasteiger partial charge is 0.337 e. The zero-order valence-corrected chi connectivity index (χ0v) is 10.3. The highest BCUT2D eigenvalue weighted by atomic mass is 32.1. The van der Waals surface area contributed by atoms with Crippen molar-refractivity contribution < 1.29 is 4.79 Å². The molecule has 5 nitrogen and oxygen atoms in total. The molecule has 90 valence electrons. The third-order valence-corrected chi connectivity index (χ3v) is 3.37. The average molecular weight is 251 g/mol. The van der Waals surface area contributed by atoms with Gasteiger partial charge in [-0.1, -0.05) is 13.3 Å². The van der Waals surface area contributed by atoms with Gasteiger partial charge < -0.3 is 5.32 Å². The maximum absolute atomic E-state index is 11.9. The van der Waals surface area contributed by atoms with Crippen LogP contribution >= 0.6 is 11.5 Å². The number of unbranched alkanes of at least 4 members (excludes halogenated alkanes) is 1. The van der Waals surface area contributed by atoms with E-state index in [1.807, 2.05) is 6.92 Å². The molecule has 0 spiro atoms. The van der Waals surface area contributed by atoms with Crippen molar-refractivity contribution in [2.75, 3.05) is 6.54 Å². The van der Waals surface area contributed by atoms with Gasteiger partial charge >= 0.3 is 6.03 Å². The third-order valence-electron chi connectivity index (χ3n) is 2.35. The predicted octanol–water partition coefficient (Wildman–Crippen LogP) is 1.82. The molecule has 0 bridgehead atoms. The molecule has 0 unspecified atom stereocenters. The molecule has 2 aromatic rings. The van der Waals surface area contributed by atoms with Crippen LogP contribution in [0.5, 0.6) is 0 Å². The summed E-state index contributed by atoms with van der Waals surface area (Å²) in [5.74, 6) is 0. The topological polar surface area (TPSA) is 64.0 Å². The Morgan fingerprint density at radius 2 is 2.41 bits per heavy atom. The summed E-state index contributed by atoms with van der Waals surface area (Å²) in [6.07, 6.45) is 3.52. The van der Waals surface area contributed by atoms with Gasteiger partial charge in [0.05, 0.1) is 5.39 Å². The lowest BCUT2D eigenvalue weighted by atomic mass is 10.3. The van der Waals surface area contributed by atoms with Crippen LogP contribution in [0, 0.1) is 0 Å². The second-order valence-electron chi connectivity index (χ2n) is 3.63. The van der Waals surface area contributed by atoms with Crippen molar-refractivity contribution in [3.05, 3.63) is 28.7 Å². The quantitative estimate of drug-likeness (QED) is 0.846. The lowest BCUT2D eigenvalue weighted by Gasteiger charge is -2.01. The van der Waals surface area contributed by atoms with Crippen molar-refractivity contribution in [1.82, 2.24) is 14.3 Å². The predicted molar refractivity (Wildman–Crippen MR) is 67.6 cm³/mol. The molecule has 1 amide bonds. The fourth-order valence-corrected chi connectivity index (χ4v) is 2.30. The van der Waals surface area contributed by atoms with Crippen LogP contribution in [0.3, 0.4) is 0 Å². The van der Waals surface area contributed by atoms with E-state index in [1.54, 1.807) is 18.3 Å². The summed E-state index contributed by atoms with van der Waals surface area (Å²) in [6, 6.07) is 3.00. The van der Waals surface area contributed by atoms with Gasteiger partial charge in [0.25, 0.3) is 5.56 Å². The molecule has 0 fully saturated rings. The van der Waals surface area contributed by atoms with Crippen LogP contribution in [0.1, 0.15) is 19.8 Å². The van der Waals surface area contributed by atoms with E-state index in [2.05, 4.69) is 10.3 Å². The Morgan fingerprint density at radius 3 is 3.12 bits per heavy atom. The van der Waals surface area contributed by atoms with Crippen LogP contribution in [0.25, 0.3) is 10.2 Å². The molecule has 0 aliphatic heterocycles. The number of pyridine rings is 1. The molecule has 0 aliphatic carbocycles. The van der Waals surface area contributed by atoms with Crippen molar-refractivity contribution in [3.63, 3.8) is 0 Å². The van der Waals surface area contributed by atoms with E-state index >= 15 is 0 Å². The van der Waals surface area contributed by atoms with E-state index in [4.69, 9.17) is 0 Å². The number of nitrogens with one attached hydrogen (secondary N) is 1. The maximum Gasteiger partial charge on any atom is 0.338 e. The van der Waals surface area contributed by atoms with Crippen molar-refractivity contribution in [2.45, 2.75) is 19.8 Å². The number of hydrogen-bond donors (Lipinski definition) is 1. The Kier molecular flexibility index (Phi) is 3.53. The van der Waals surface area contributed by atoms with Gasteiger partial charge in [-0.15, -0.1) is 0 Å². The van der Waals surface area contributed by atoms with E-state index < -0.39 is 0 Å². The first kappa shape index (κ1) is 11.8.